The van der Waals surface area contributed by atoms with Gasteiger partial charge in [-0.3, -0.25) is 19.2 Å². The number of rotatable bonds is 29. The van der Waals surface area contributed by atoms with Crippen molar-refractivity contribution in [3.63, 3.8) is 0 Å². The van der Waals surface area contributed by atoms with Crippen molar-refractivity contribution >= 4 is 80.0 Å². The minimum atomic E-state index is -4.71. The van der Waals surface area contributed by atoms with Gasteiger partial charge in [0.1, 0.15) is 23.6 Å². The molecule has 24 nitrogen and oxygen atoms in total. The van der Waals surface area contributed by atoms with Crippen LogP contribution in [0.15, 0.2) is 97.1 Å². The van der Waals surface area contributed by atoms with Gasteiger partial charge in [0, 0.05) is 51.6 Å². The van der Waals surface area contributed by atoms with E-state index in [1.54, 1.807) is 0 Å². The van der Waals surface area contributed by atoms with Gasteiger partial charge in [0.05, 0.1) is 50.4 Å². The number of hydrogen-bond donors (Lipinski definition) is 6. The van der Waals surface area contributed by atoms with Crippen LogP contribution in [0.2, 0.25) is 0 Å². The predicted molar refractivity (Wildman–Crippen MR) is 255 cm³/mol. The average molecular weight is 1050 g/mol. The number of hydrogen-bond acceptors (Lipinski definition) is 16. The molecule has 0 aliphatic heterocycles. The number of esters is 2. The normalized spacial score (nSPS) is 12.5. The Bertz CT molecular complexity index is 2500. The number of anilines is 2. The molecule has 386 valence electrons. The molecule has 0 unspecified atom stereocenters. The molecule has 4 rings (SSSR count). The summed E-state index contributed by atoms with van der Waals surface area (Å²) in [6.45, 7) is -3.51. The molecule has 0 spiro atoms. The molecule has 0 saturated heterocycles. The second-order valence-corrected chi connectivity index (χ2v) is 19.2. The highest BCUT2D eigenvalue weighted by molar-refractivity contribution is 7.87. The van der Waals surface area contributed by atoms with Gasteiger partial charge in [0.25, 0.3) is 20.4 Å². The van der Waals surface area contributed by atoms with Gasteiger partial charge in [-0.15, -0.1) is 12.4 Å². The summed E-state index contributed by atoms with van der Waals surface area (Å²) < 4.78 is 79.3. The lowest BCUT2D eigenvalue weighted by Gasteiger charge is -2.31. The van der Waals surface area contributed by atoms with E-state index in [0.29, 0.717) is 31.1 Å². The number of ether oxygens (including phenoxy) is 4. The third-order valence-corrected chi connectivity index (χ3v) is 13.9. The van der Waals surface area contributed by atoms with Crippen LogP contribution in [-0.4, -0.2) is 156 Å². The van der Waals surface area contributed by atoms with E-state index in [0.717, 1.165) is 22.7 Å². The Kier molecular flexibility index (Phi) is 22.3. The molecule has 0 amide bonds. The molecular weight excluding hydrogens is 1000 g/mol. The van der Waals surface area contributed by atoms with Gasteiger partial charge in [-0.2, -0.15) is 34.1 Å². The van der Waals surface area contributed by atoms with E-state index < -0.39 is 107 Å². The number of nitrogens with zero attached hydrogens (tertiary/aromatic N) is 4. The molecule has 0 heterocycles. The van der Waals surface area contributed by atoms with Crippen molar-refractivity contribution in [1.29, 1.82) is 0 Å². The molecule has 0 fully saturated rings. The number of nitrogens with two attached hydrogens (primary N) is 2. The third-order valence-electron chi connectivity index (χ3n) is 10.0. The lowest BCUT2D eigenvalue weighted by atomic mass is 10.2. The Balaban J connectivity index is 0.0000133. The van der Waals surface area contributed by atoms with Gasteiger partial charge < -0.3 is 50.8 Å². The lowest BCUT2D eigenvalue weighted by Crippen LogP contribution is -2.52. The monoisotopic (exact) mass is 1050 g/mol. The summed E-state index contributed by atoms with van der Waals surface area (Å²) in [5.41, 5.74) is 13.4. The second kappa shape index (κ2) is 27.0. The van der Waals surface area contributed by atoms with Gasteiger partial charge in [0.15, 0.2) is 0 Å². The summed E-state index contributed by atoms with van der Waals surface area (Å²) in [5, 5.41) is 38.7. The van der Waals surface area contributed by atoms with Crippen molar-refractivity contribution in [2.24, 2.45) is 0 Å². The molecule has 27 heteroatoms. The number of carboxylic acids is 4. The Labute approximate surface area is 414 Å². The van der Waals surface area contributed by atoms with Gasteiger partial charge in [-0.05, 0) is 83.9 Å². The second-order valence-electron chi connectivity index (χ2n) is 15.2. The first kappa shape index (κ1) is 58.6. The Morgan fingerprint density at radius 2 is 0.817 bits per heavy atom. The lowest BCUT2D eigenvalue weighted by molar-refractivity contribution is -0.148. The molecule has 0 saturated carbocycles. The zero-order chi connectivity index (χ0) is 51.8. The number of carbonyl (C=O) groups is 6. The van der Waals surface area contributed by atoms with Crippen molar-refractivity contribution in [1.82, 2.24) is 17.2 Å². The molecule has 4 aromatic rings. The number of carbonyl (C=O) groups excluding carboxylic acids is 2. The van der Waals surface area contributed by atoms with Crippen LogP contribution in [-0.2, 0) is 62.2 Å². The molecule has 8 N–H and O–H groups in total. The minimum Gasteiger partial charge on any atom is -0.481 e. The van der Waals surface area contributed by atoms with E-state index in [9.17, 15) is 66.0 Å². The smallest absolute Gasteiger partial charge is 0.343 e. The number of halogens is 1. The third kappa shape index (κ3) is 17.6. The zero-order valence-electron chi connectivity index (χ0n) is 38.1. The van der Waals surface area contributed by atoms with E-state index in [2.05, 4.69) is 0 Å². The highest BCUT2D eigenvalue weighted by Gasteiger charge is 2.40. The maximum atomic E-state index is 13.8. The quantitative estimate of drug-likeness (QED) is 0.0197. The van der Waals surface area contributed by atoms with E-state index in [-0.39, 0.29) is 61.3 Å². The first-order valence-electron chi connectivity index (χ1n) is 20.8. The average Bonchev–Trinajstić information content (AvgIpc) is 3.29. The maximum Gasteiger partial charge on any atom is 0.343 e. The van der Waals surface area contributed by atoms with E-state index >= 15 is 0 Å². The summed E-state index contributed by atoms with van der Waals surface area (Å²) in [6.07, 6.45) is -2.22. The van der Waals surface area contributed by atoms with Crippen LogP contribution in [0.3, 0.4) is 0 Å². The Hall–Kier alpha value is -6.75. The van der Waals surface area contributed by atoms with Crippen LogP contribution in [0, 0.1) is 0 Å². The summed E-state index contributed by atoms with van der Waals surface area (Å²) >= 11 is 0. The zero-order valence-corrected chi connectivity index (χ0v) is 40.6. The summed E-state index contributed by atoms with van der Waals surface area (Å²) in [7, 11) is -7.15. The molecule has 0 bridgehead atoms. The SMILES string of the molecule is CN(Cc1ccc(OC(=O)c2ccc(N)cc2)cc1)S(=O)(=O)N(CCOCCOCCN([C@@H](CC(=O)O)C(=O)O)S(=O)(=O)N(C)Cc1ccc(OC(=O)c2ccc(N)cc2)cc1)[C@@H](CC(=O)O)C(=O)O.Cl. The molecule has 4 aromatic carbocycles. The highest BCUT2D eigenvalue weighted by Crippen LogP contribution is 2.22. The molecule has 2 atom stereocenters. The Morgan fingerprint density at radius 1 is 0.507 bits per heavy atom. The van der Waals surface area contributed by atoms with Crippen LogP contribution in [0.25, 0.3) is 0 Å². The summed E-state index contributed by atoms with van der Waals surface area (Å²) in [6, 6.07) is 19.4. The molecule has 0 aliphatic carbocycles. The van der Waals surface area contributed by atoms with Crippen molar-refractivity contribution < 1.29 is 85.0 Å². The number of benzene rings is 4. The summed E-state index contributed by atoms with van der Waals surface area (Å²) in [5.74, 6) is -7.79. The van der Waals surface area contributed by atoms with Gasteiger partial charge in [0.2, 0.25) is 0 Å². The number of aliphatic carboxylic acids is 4. The topological polar surface area (TPSA) is 354 Å². The van der Waals surface area contributed by atoms with Crippen LogP contribution in [0.1, 0.15) is 44.7 Å². The van der Waals surface area contributed by atoms with E-state index in [4.69, 9.17) is 30.4 Å². The van der Waals surface area contributed by atoms with Crippen molar-refractivity contribution in [2.45, 2.75) is 38.0 Å². The molecule has 71 heavy (non-hydrogen) atoms. The first-order valence-corrected chi connectivity index (χ1v) is 23.6. The van der Waals surface area contributed by atoms with Crippen LogP contribution in [0.4, 0.5) is 11.4 Å². The largest absolute Gasteiger partial charge is 0.481 e. The number of carboxylic acid groups (broad SMARTS) is 4. The predicted octanol–water partition coefficient (Wildman–Crippen LogP) is 2.26. The fraction of sp³-hybridized carbons (Fsp3) is 0.318. The van der Waals surface area contributed by atoms with Gasteiger partial charge in [-0.25, -0.2) is 9.59 Å². The Morgan fingerprint density at radius 3 is 1.10 bits per heavy atom. The number of nitrogen functional groups attached to an aromatic ring is 2. The highest BCUT2D eigenvalue weighted by atomic mass is 35.5. The van der Waals surface area contributed by atoms with E-state index in [1.807, 2.05) is 0 Å². The van der Waals surface area contributed by atoms with Crippen LogP contribution >= 0.6 is 12.4 Å². The fourth-order valence-electron chi connectivity index (χ4n) is 6.38. The molecule has 0 aliphatic rings. The minimum absolute atomic E-state index is 0. The first-order chi connectivity index (χ1) is 33.0. The standard InChI is InChI=1S/C44H52N6O18S2.ClH/c1-47(27-29-3-15-35(16-4-29)67-43(59)31-7-11-33(45)12-8-31)69(61,62)49(37(41(55)56)25-39(51)52)19-21-65-23-24-66-22-20-50(38(42(57)58)26-40(53)54)70(63,64)48(2)28-30-5-17-36(18-6-30)68-44(60)32-9-13-34(46)14-10-32;/h3-18,37-38H,19-28,45-46H2,1-2H3,(H,51,52)(H,53,54)(H,55,56)(H,57,58);1H/t37-,38-;/m0./s1. The molecular formula is C44H53ClN6O18S2. The van der Waals surface area contributed by atoms with Crippen LogP contribution < -0.4 is 20.9 Å². The van der Waals surface area contributed by atoms with Gasteiger partial charge >= 0.3 is 35.8 Å². The maximum absolute atomic E-state index is 13.8. The van der Waals surface area contributed by atoms with E-state index in [1.165, 1.54) is 97.1 Å². The van der Waals surface area contributed by atoms with Gasteiger partial charge in [-0.1, -0.05) is 24.3 Å². The molecule has 0 radical (unpaired) electrons. The summed E-state index contributed by atoms with van der Waals surface area (Å²) in [4.78, 5) is 72.7. The fourth-order valence-corrected chi connectivity index (χ4v) is 9.31. The van der Waals surface area contributed by atoms with Crippen molar-refractivity contribution in [3.05, 3.63) is 119 Å². The molecule has 0 aromatic heterocycles. The van der Waals surface area contributed by atoms with Crippen molar-refractivity contribution in [2.75, 3.05) is 65.1 Å². The van der Waals surface area contributed by atoms with Crippen LogP contribution in [0.5, 0.6) is 11.5 Å². The van der Waals surface area contributed by atoms with Crippen molar-refractivity contribution in [3.8, 4) is 11.5 Å².